The van der Waals surface area contributed by atoms with Crippen molar-refractivity contribution in [1.82, 2.24) is 0 Å². The average Bonchev–Trinajstić information content (AvgIpc) is 1.84. The molecule has 0 aromatic rings. The van der Waals surface area contributed by atoms with Crippen LogP contribution in [0.15, 0.2) is 0 Å². The fourth-order valence-electron chi connectivity index (χ4n) is 0.778. The summed E-state index contributed by atoms with van der Waals surface area (Å²) in [7, 11) is 3.22. The lowest BCUT2D eigenvalue weighted by atomic mass is 10.5. The van der Waals surface area contributed by atoms with E-state index in [2.05, 4.69) is 0 Å². The lowest BCUT2D eigenvalue weighted by Crippen LogP contribution is -2.45. The first-order valence-corrected chi connectivity index (χ1v) is 3.15. The summed E-state index contributed by atoms with van der Waals surface area (Å²) in [6, 6.07) is 0. The Kier molecular flexibility index (Phi) is 3.08. The van der Waals surface area contributed by atoms with Gasteiger partial charge in [0, 0.05) is 14.2 Å². The van der Waals surface area contributed by atoms with Gasteiger partial charge in [0.05, 0.1) is 13.2 Å². The highest BCUT2D eigenvalue weighted by Gasteiger charge is 2.30. The molecule has 4 heteroatoms. The molecule has 0 atom stereocenters. The highest BCUT2D eigenvalue weighted by atomic mass is 16.9. The van der Waals surface area contributed by atoms with Crippen molar-refractivity contribution in [2.24, 2.45) is 0 Å². The Balaban J connectivity index is 1.95. The molecule has 1 aliphatic rings. The second kappa shape index (κ2) is 3.88. The first kappa shape index (κ1) is 7.94. The smallest absolute Gasteiger partial charge is 0.187 e. The second-order valence-electron chi connectivity index (χ2n) is 2.04. The van der Waals surface area contributed by atoms with E-state index in [1.807, 2.05) is 0 Å². The van der Waals surface area contributed by atoms with Crippen molar-refractivity contribution in [3.63, 3.8) is 0 Å². The fourth-order valence-corrected chi connectivity index (χ4v) is 0.778. The van der Waals surface area contributed by atoms with Crippen LogP contribution < -0.4 is 0 Å². The average molecular weight is 148 g/mol. The van der Waals surface area contributed by atoms with E-state index in [4.69, 9.17) is 18.9 Å². The topological polar surface area (TPSA) is 36.9 Å². The number of hydrogen-bond acceptors (Lipinski definition) is 4. The predicted octanol–water partition coefficient (Wildman–Crippen LogP) is -0.0218. The van der Waals surface area contributed by atoms with Crippen molar-refractivity contribution in [1.29, 1.82) is 0 Å². The minimum absolute atomic E-state index is 0.190. The molecular formula is C6H12O4. The Morgan fingerprint density at radius 1 is 1.00 bits per heavy atom. The van der Waals surface area contributed by atoms with Crippen LogP contribution in [0.4, 0.5) is 0 Å². The van der Waals surface area contributed by atoms with Gasteiger partial charge in [0.15, 0.2) is 12.6 Å². The van der Waals surface area contributed by atoms with Crippen LogP contribution in [0.3, 0.4) is 0 Å². The Labute approximate surface area is 60.0 Å². The zero-order valence-corrected chi connectivity index (χ0v) is 6.20. The molecule has 0 unspecified atom stereocenters. The van der Waals surface area contributed by atoms with Crippen LogP contribution in [0.5, 0.6) is 0 Å². The van der Waals surface area contributed by atoms with Crippen LogP contribution >= 0.6 is 0 Å². The highest BCUT2D eigenvalue weighted by Crippen LogP contribution is 2.16. The van der Waals surface area contributed by atoms with Crippen molar-refractivity contribution < 1.29 is 18.9 Å². The van der Waals surface area contributed by atoms with Gasteiger partial charge in [0.1, 0.15) is 0 Å². The molecule has 0 saturated carbocycles. The molecule has 60 valence electrons. The van der Waals surface area contributed by atoms with Crippen molar-refractivity contribution in [3.8, 4) is 0 Å². The number of hydrogen-bond donors (Lipinski definition) is 0. The molecule has 0 bridgehead atoms. The van der Waals surface area contributed by atoms with Gasteiger partial charge in [0.25, 0.3) is 0 Å². The van der Waals surface area contributed by atoms with Crippen LogP contribution in [0.25, 0.3) is 0 Å². The number of ether oxygens (including phenoxy) is 4. The SMILES string of the molecule is COCC1OC(COC)O1. The van der Waals surface area contributed by atoms with Crippen molar-refractivity contribution in [2.45, 2.75) is 12.6 Å². The minimum Gasteiger partial charge on any atom is -0.379 e. The summed E-state index contributed by atoms with van der Waals surface area (Å²) in [5.74, 6) is 0. The third-order valence-electron chi connectivity index (χ3n) is 1.21. The molecule has 0 N–H and O–H groups in total. The van der Waals surface area contributed by atoms with Crippen LogP contribution in [0.1, 0.15) is 0 Å². The van der Waals surface area contributed by atoms with E-state index in [9.17, 15) is 0 Å². The van der Waals surface area contributed by atoms with Gasteiger partial charge in [-0.3, -0.25) is 0 Å². The number of methoxy groups -OCH3 is 2. The summed E-state index contributed by atoms with van der Waals surface area (Å²) in [5.41, 5.74) is 0. The first-order chi connectivity index (χ1) is 4.86. The minimum atomic E-state index is -0.190. The molecule has 1 heterocycles. The molecule has 1 rings (SSSR count). The summed E-state index contributed by atoms with van der Waals surface area (Å²) >= 11 is 0. The Bertz CT molecular complexity index is 79.7. The number of rotatable bonds is 4. The van der Waals surface area contributed by atoms with Crippen LogP contribution in [0, 0.1) is 0 Å². The lowest BCUT2D eigenvalue weighted by molar-refractivity contribution is -0.398. The third kappa shape index (κ3) is 1.91. The van der Waals surface area contributed by atoms with Crippen molar-refractivity contribution >= 4 is 0 Å². The van der Waals surface area contributed by atoms with E-state index < -0.39 is 0 Å². The summed E-state index contributed by atoms with van der Waals surface area (Å²) in [6.07, 6.45) is -0.379. The molecule has 0 aliphatic carbocycles. The molecule has 0 radical (unpaired) electrons. The van der Waals surface area contributed by atoms with E-state index in [-0.39, 0.29) is 12.6 Å². The van der Waals surface area contributed by atoms with E-state index in [1.54, 1.807) is 14.2 Å². The zero-order chi connectivity index (χ0) is 7.40. The lowest BCUT2D eigenvalue weighted by Gasteiger charge is -2.34. The van der Waals surface area contributed by atoms with Crippen LogP contribution in [-0.4, -0.2) is 40.0 Å². The monoisotopic (exact) mass is 148 g/mol. The molecule has 0 aromatic heterocycles. The van der Waals surface area contributed by atoms with Crippen molar-refractivity contribution in [3.05, 3.63) is 0 Å². The second-order valence-corrected chi connectivity index (χ2v) is 2.04. The van der Waals surface area contributed by atoms with Gasteiger partial charge in [-0.15, -0.1) is 0 Å². The molecule has 0 amide bonds. The quantitative estimate of drug-likeness (QED) is 0.561. The molecule has 1 aliphatic heterocycles. The summed E-state index contributed by atoms with van der Waals surface area (Å²) in [6.45, 7) is 0.973. The van der Waals surface area contributed by atoms with Gasteiger partial charge >= 0.3 is 0 Å². The third-order valence-corrected chi connectivity index (χ3v) is 1.21. The van der Waals surface area contributed by atoms with Gasteiger partial charge in [-0.2, -0.15) is 0 Å². The van der Waals surface area contributed by atoms with E-state index in [1.165, 1.54) is 0 Å². The molecule has 10 heavy (non-hydrogen) atoms. The van der Waals surface area contributed by atoms with Gasteiger partial charge in [-0.05, 0) is 0 Å². The molecule has 0 spiro atoms. The molecule has 0 aromatic carbocycles. The fraction of sp³-hybridized carbons (Fsp3) is 1.00. The predicted molar refractivity (Wildman–Crippen MR) is 33.5 cm³/mol. The maximum absolute atomic E-state index is 5.15. The van der Waals surface area contributed by atoms with Gasteiger partial charge < -0.3 is 18.9 Å². The molecule has 1 fully saturated rings. The van der Waals surface area contributed by atoms with E-state index in [0.29, 0.717) is 13.2 Å². The first-order valence-electron chi connectivity index (χ1n) is 3.15. The van der Waals surface area contributed by atoms with Gasteiger partial charge in [0.2, 0.25) is 0 Å². The Morgan fingerprint density at radius 3 is 1.70 bits per heavy atom. The summed E-state index contributed by atoms with van der Waals surface area (Å²) in [4.78, 5) is 0. The van der Waals surface area contributed by atoms with Crippen LogP contribution in [-0.2, 0) is 18.9 Å². The maximum atomic E-state index is 5.15. The van der Waals surface area contributed by atoms with Crippen LogP contribution in [0.2, 0.25) is 0 Å². The Hall–Kier alpha value is -0.160. The molecule has 1 saturated heterocycles. The van der Waals surface area contributed by atoms with E-state index >= 15 is 0 Å². The summed E-state index contributed by atoms with van der Waals surface area (Å²) < 4.78 is 19.9. The van der Waals surface area contributed by atoms with E-state index in [0.717, 1.165) is 0 Å². The van der Waals surface area contributed by atoms with Gasteiger partial charge in [-0.1, -0.05) is 0 Å². The van der Waals surface area contributed by atoms with Crippen molar-refractivity contribution in [2.75, 3.05) is 27.4 Å². The highest BCUT2D eigenvalue weighted by molar-refractivity contribution is 4.57. The normalized spacial score (nSPS) is 31.8. The Morgan fingerprint density at radius 2 is 1.40 bits per heavy atom. The zero-order valence-electron chi connectivity index (χ0n) is 6.20. The maximum Gasteiger partial charge on any atom is 0.187 e. The van der Waals surface area contributed by atoms with Gasteiger partial charge in [-0.25, -0.2) is 0 Å². The standard InChI is InChI=1S/C6H12O4/c1-7-3-5-9-6(10-5)4-8-2/h5-6H,3-4H2,1-2H3. The largest absolute Gasteiger partial charge is 0.379 e. The molecular weight excluding hydrogens is 136 g/mol. The molecule has 4 nitrogen and oxygen atoms in total. The summed E-state index contributed by atoms with van der Waals surface area (Å²) in [5, 5.41) is 0.